The molecular weight excluding hydrogens is 215 g/mol. The van der Waals surface area contributed by atoms with Crippen LogP contribution in [0.1, 0.15) is 12.8 Å². The molecule has 0 aromatic heterocycles. The molecule has 0 atom stereocenters. The first-order chi connectivity index (χ1) is 7.25. The van der Waals surface area contributed by atoms with E-state index in [2.05, 4.69) is 10.6 Å². The maximum Gasteiger partial charge on any atom is 0.124 e. The zero-order chi connectivity index (χ0) is 10.7. The van der Waals surface area contributed by atoms with E-state index in [0.717, 1.165) is 31.6 Å². The number of piperidine rings is 1. The fourth-order valence-electron chi connectivity index (χ4n) is 1.79. The molecular formula is C11H14ClFN2. The van der Waals surface area contributed by atoms with Crippen LogP contribution in [0.25, 0.3) is 0 Å². The SMILES string of the molecule is Fc1ccc(NC2CCNCC2)c(Cl)c1. The summed E-state index contributed by atoms with van der Waals surface area (Å²) in [6.07, 6.45) is 2.15. The van der Waals surface area contributed by atoms with Gasteiger partial charge in [0.2, 0.25) is 0 Å². The van der Waals surface area contributed by atoms with Gasteiger partial charge in [0.05, 0.1) is 10.7 Å². The Hall–Kier alpha value is -0.800. The molecule has 1 aliphatic rings. The molecule has 0 radical (unpaired) electrons. The summed E-state index contributed by atoms with van der Waals surface area (Å²) in [5.41, 5.74) is 0.824. The molecule has 1 aliphatic heterocycles. The van der Waals surface area contributed by atoms with E-state index in [9.17, 15) is 4.39 Å². The molecule has 1 saturated heterocycles. The zero-order valence-electron chi connectivity index (χ0n) is 8.39. The fourth-order valence-corrected chi connectivity index (χ4v) is 2.01. The molecule has 1 aromatic rings. The summed E-state index contributed by atoms with van der Waals surface area (Å²) >= 11 is 5.93. The van der Waals surface area contributed by atoms with Crippen molar-refractivity contribution < 1.29 is 4.39 Å². The molecule has 0 saturated carbocycles. The topological polar surface area (TPSA) is 24.1 Å². The molecule has 1 heterocycles. The monoisotopic (exact) mass is 228 g/mol. The molecule has 0 spiro atoms. The first-order valence-corrected chi connectivity index (χ1v) is 5.56. The van der Waals surface area contributed by atoms with Crippen molar-refractivity contribution in [2.45, 2.75) is 18.9 Å². The van der Waals surface area contributed by atoms with Gasteiger partial charge in [-0.3, -0.25) is 0 Å². The second kappa shape index (κ2) is 4.81. The van der Waals surface area contributed by atoms with Crippen LogP contribution in [0.4, 0.5) is 10.1 Å². The van der Waals surface area contributed by atoms with Gasteiger partial charge in [-0.25, -0.2) is 4.39 Å². The molecule has 2 rings (SSSR count). The lowest BCUT2D eigenvalue weighted by atomic mass is 10.1. The van der Waals surface area contributed by atoms with Crippen LogP contribution in [0.2, 0.25) is 5.02 Å². The lowest BCUT2D eigenvalue weighted by Gasteiger charge is -2.25. The molecule has 0 unspecified atom stereocenters. The van der Waals surface area contributed by atoms with Gasteiger partial charge in [-0.2, -0.15) is 0 Å². The third kappa shape index (κ3) is 2.83. The molecule has 0 bridgehead atoms. The van der Waals surface area contributed by atoms with E-state index in [1.165, 1.54) is 12.1 Å². The van der Waals surface area contributed by atoms with Gasteiger partial charge in [-0.05, 0) is 44.1 Å². The number of rotatable bonds is 2. The Morgan fingerprint density at radius 1 is 1.33 bits per heavy atom. The third-order valence-corrected chi connectivity index (χ3v) is 2.94. The predicted molar refractivity (Wildman–Crippen MR) is 60.9 cm³/mol. The Morgan fingerprint density at radius 3 is 2.73 bits per heavy atom. The van der Waals surface area contributed by atoms with Gasteiger partial charge in [0.1, 0.15) is 5.82 Å². The van der Waals surface area contributed by atoms with Crippen molar-refractivity contribution in [3.63, 3.8) is 0 Å². The molecule has 0 aliphatic carbocycles. The summed E-state index contributed by atoms with van der Waals surface area (Å²) in [6.45, 7) is 2.05. The van der Waals surface area contributed by atoms with E-state index < -0.39 is 0 Å². The second-order valence-corrected chi connectivity index (χ2v) is 4.20. The van der Waals surface area contributed by atoms with E-state index in [1.807, 2.05) is 0 Å². The number of halogens is 2. The smallest absolute Gasteiger partial charge is 0.124 e. The molecule has 1 aromatic carbocycles. The van der Waals surface area contributed by atoms with E-state index in [4.69, 9.17) is 11.6 Å². The highest BCUT2D eigenvalue weighted by molar-refractivity contribution is 6.33. The van der Waals surface area contributed by atoms with Gasteiger partial charge in [0, 0.05) is 6.04 Å². The van der Waals surface area contributed by atoms with Crippen LogP contribution in [0.15, 0.2) is 18.2 Å². The van der Waals surface area contributed by atoms with Crippen molar-refractivity contribution in [2.75, 3.05) is 18.4 Å². The molecule has 0 amide bonds. The normalized spacial score (nSPS) is 17.7. The predicted octanol–water partition coefficient (Wildman–Crippen LogP) is 2.64. The highest BCUT2D eigenvalue weighted by Crippen LogP contribution is 2.24. The maximum atomic E-state index is 12.8. The third-order valence-electron chi connectivity index (χ3n) is 2.63. The minimum Gasteiger partial charge on any atom is -0.381 e. The highest BCUT2D eigenvalue weighted by Gasteiger charge is 2.13. The summed E-state index contributed by atoms with van der Waals surface area (Å²) < 4.78 is 12.8. The van der Waals surface area contributed by atoms with Crippen LogP contribution in [0.5, 0.6) is 0 Å². The summed E-state index contributed by atoms with van der Waals surface area (Å²) in [4.78, 5) is 0. The minimum atomic E-state index is -0.295. The van der Waals surface area contributed by atoms with Gasteiger partial charge in [-0.1, -0.05) is 11.6 Å². The molecule has 15 heavy (non-hydrogen) atoms. The largest absolute Gasteiger partial charge is 0.381 e. The molecule has 1 fully saturated rings. The van der Waals surface area contributed by atoms with E-state index in [-0.39, 0.29) is 5.82 Å². The van der Waals surface area contributed by atoms with Crippen LogP contribution in [-0.4, -0.2) is 19.1 Å². The first kappa shape index (κ1) is 10.7. The quantitative estimate of drug-likeness (QED) is 0.813. The molecule has 2 N–H and O–H groups in total. The Labute approximate surface area is 93.8 Å². The summed E-state index contributed by atoms with van der Waals surface area (Å²) in [5.74, 6) is -0.295. The van der Waals surface area contributed by atoms with Crippen molar-refractivity contribution in [2.24, 2.45) is 0 Å². The van der Waals surface area contributed by atoms with Crippen LogP contribution >= 0.6 is 11.6 Å². The maximum absolute atomic E-state index is 12.8. The number of benzene rings is 1. The van der Waals surface area contributed by atoms with Gasteiger partial charge in [0.25, 0.3) is 0 Å². The van der Waals surface area contributed by atoms with Crippen LogP contribution in [0, 0.1) is 5.82 Å². The molecule has 82 valence electrons. The zero-order valence-corrected chi connectivity index (χ0v) is 9.15. The van der Waals surface area contributed by atoms with Gasteiger partial charge >= 0.3 is 0 Å². The van der Waals surface area contributed by atoms with Gasteiger partial charge in [-0.15, -0.1) is 0 Å². The average molecular weight is 229 g/mol. The van der Waals surface area contributed by atoms with Crippen LogP contribution in [-0.2, 0) is 0 Å². The van der Waals surface area contributed by atoms with Gasteiger partial charge < -0.3 is 10.6 Å². The Balaban J connectivity index is 2.03. The van der Waals surface area contributed by atoms with Crippen molar-refractivity contribution in [3.05, 3.63) is 29.0 Å². The van der Waals surface area contributed by atoms with Gasteiger partial charge in [0.15, 0.2) is 0 Å². The lowest BCUT2D eigenvalue weighted by Crippen LogP contribution is -2.35. The van der Waals surface area contributed by atoms with E-state index >= 15 is 0 Å². The van der Waals surface area contributed by atoms with Crippen LogP contribution < -0.4 is 10.6 Å². The van der Waals surface area contributed by atoms with Crippen LogP contribution in [0.3, 0.4) is 0 Å². The standard InChI is InChI=1S/C11H14ClFN2/c12-10-7-8(13)1-2-11(10)15-9-3-5-14-6-4-9/h1-2,7,9,14-15H,3-6H2. The summed E-state index contributed by atoms with van der Waals surface area (Å²) in [6, 6.07) is 4.90. The number of hydrogen-bond donors (Lipinski definition) is 2. The Bertz CT molecular complexity index is 337. The number of anilines is 1. The second-order valence-electron chi connectivity index (χ2n) is 3.79. The minimum absolute atomic E-state index is 0.295. The van der Waals surface area contributed by atoms with Crippen molar-refractivity contribution in [1.82, 2.24) is 5.32 Å². The Kier molecular flexibility index (Phi) is 3.44. The van der Waals surface area contributed by atoms with Crippen molar-refractivity contribution in [1.29, 1.82) is 0 Å². The summed E-state index contributed by atoms with van der Waals surface area (Å²) in [7, 11) is 0. The Morgan fingerprint density at radius 2 is 2.07 bits per heavy atom. The first-order valence-electron chi connectivity index (χ1n) is 5.18. The van der Waals surface area contributed by atoms with E-state index in [0.29, 0.717) is 11.1 Å². The van der Waals surface area contributed by atoms with E-state index in [1.54, 1.807) is 6.07 Å². The average Bonchev–Trinajstić information content (AvgIpc) is 2.24. The number of hydrogen-bond acceptors (Lipinski definition) is 2. The van der Waals surface area contributed by atoms with Crippen molar-refractivity contribution in [3.8, 4) is 0 Å². The molecule has 2 nitrogen and oxygen atoms in total. The lowest BCUT2D eigenvalue weighted by molar-refractivity contribution is 0.479. The summed E-state index contributed by atoms with van der Waals surface area (Å²) in [5, 5.41) is 7.08. The van der Waals surface area contributed by atoms with Crippen molar-refractivity contribution >= 4 is 17.3 Å². The number of nitrogens with one attached hydrogen (secondary N) is 2. The highest BCUT2D eigenvalue weighted by atomic mass is 35.5. The fraction of sp³-hybridized carbons (Fsp3) is 0.455. The molecule has 4 heteroatoms.